The van der Waals surface area contributed by atoms with Gasteiger partial charge in [-0.2, -0.15) is 0 Å². The van der Waals surface area contributed by atoms with Crippen LogP contribution >= 0.6 is 0 Å². The minimum absolute atomic E-state index is 0.448. The largest absolute Gasteiger partial charge is 0.385 e. The van der Waals surface area contributed by atoms with E-state index in [2.05, 4.69) is 5.92 Å². The molecule has 1 aliphatic carbocycles. The third-order valence-corrected chi connectivity index (χ3v) is 1.58. The van der Waals surface area contributed by atoms with Gasteiger partial charge in [0, 0.05) is 6.42 Å². The van der Waals surface area contributed by atoms with Crippen molar-refractivity contribution in [2.45, 2.75) is 24.9 Å². The van der Waals surface area contributed by atoms with Gasteiger partial charge in [-0.25, -0.2) is 0 Å². The Bertz CT molecular complexity index is 164. The Balaban J connectivity index is 2.54. The SMILES string of the molecule is C#CCC1(O)C=CCC1. The van der Waals surface area contributed by atoms with Crippen LogP contribution in [0.3, 0.4) is 0 Å². The normalized spacial score (nSPS) is 32.4. The molecule has 0 saturated heterocycles. The Morgan fingerprint density at radius 1 is 1.78 bits per heavy atom. The number of aliphatic hydroxyl groups is 1. The first-order valence-corrected chi connectivity index (χ1v) is 3.10. The van der Waals surface area contributed by atoms with Gasteiger partial charge in [0.25, 0.3) is 0 Å². The van der Waals surface area contributed by atoms with Crippen molar-refractivity contribution in [3.63, 3.8) is 0 Å². The van der Waals surface area contributed by atoms with E-state index < -0.39 is 5.60 Å². The zero-order chi connectivity index (χ0) is 6.74. The van der Waals surface area contributed by atoms with Crippen LogP contribution in [0.15, 0.2) is 12.2 Å². The summed E-state index contributed by atoms with van der Waals surface area (Å²) in [6.07, 6.45) is 11.0. The highest BCUT2D eigenvalue weighted by Gasteiger charge is 2.24. The topological polar surface area (TPSA) is 20.2 Å². The molecule has 1 heteroatoms. The zero-order valence-electron chi connectivity index (χ0n) is 5.30. The molecule has 1 unspecified atom stereocenters. The van der Waals surface area contributed by atoms with Crippen LogP contribution in [0.1, 0.15) is 19.3 Å². The predicted octanol–water partition coefficient (Wildman–Crippen LogP) is 1.09. The minimum Gasteiger partial charge on any atom is -0.385 e. The van der Waals surface area contributed by atoms with E-state index in [0.717, 1.165) is 12.8 Å². The molecule has 0 aromatic carbocycles. The second-order valence-corrected chi connectivity index (χ2v) is 2.43. The van der Waals surface area contributed by atoms with Gasteiger partial charge in [0.2, 0.25) is 0 Å². The lowest BCUT2D eigenvalue weighted by Gasteiger charge is -2.15. The van der Waals surface area contributed by atoms with Crippen LogP contribution in [0.4, 0.5) is 0 Å². The lowest BCUT2D eigenvalue weighted by Crippen LogP contribution is -2.21. The quantitative estimate of drug-likeness (QED) is 0.407. The van der Waals surface area contributed by atoms with Crippen LogP contribution in [-0.2, 0) is 0 Å². The average molecular weight is 122 g/mol. The summed E-state index contributed by atoms with van der Waals surface area (Å²) in [6.45, 7) is 0. The predicted molar refractivity (Wildman–Crippen MR) is 36.8 cm³/mol. The van der Waals surface area contributed by atoms with Crippen LogP contribution in [0.25, 0.3) is 0 Å². The summed E-state index contributed by atoms with van der Waals surface area (Å²) in [5.74, 6) is 2.45. The van der Waals surface area contributed by atoms with E-state index in [9.17, 15) is 5.11 Å². The number of hydrogen-bond donors (Lipinski definition) is 1. The summed E-state index contributed by atoms with van der Waals surface area (Å²) in [6, 6.07) is 0. The summed E-state index contributed by atoms with van der Waals surface area (Å²) in [5.41, 5.74) is -0.672. The fourth-order valence-electron chi connectivity index (χ4n) is 1.04. The smallest absolute Gasteiger partial charge is 0.0939 e. The second kappa shape index (κ2) is 2.24. The number of terminal acetylenes is 1. The minimum atomic E-state index is -0.672. The fourth-order valence-corrected chi connectivity index (χ4v) is 1.04. The first-order chi connectivity index (χ1) is 4.27. The lowest BCUT2D eigenvalue weighted by molar-refractivity contribution is 0.0966. The first kappa shape index (κ1) is 6.38. The molecule has 48 valence electrons. The van der Waals surface area contributed by atoms with E-state index in [-0.39, 0.29) is 0 Å². The Hall–Kier alpha value is -0.740. The third kappa shape index (κ3) is 1.34. The van der Waals surface area contributed by atoms with Crippen molar-refractivity contribution in [1.82, 2.24) is 0 Å². The summed E-state index contributed by atoms with van der Waals surface area (Å²) in [7, 11) is 0. The maximum atomic E-state index is 9.46. The van der Waals surface area contributed by atoms with Gasteiger partial charge in [0.15, 0.2) is 0 Å². The van der Waals surface area contributed by atoms with Crippen LogP contribution < -0.4 is 0 Å². The van der Waals surface area contributed by atoms with Crippen molar-refractivity contribution in [3.8, 4) is 12.3 Å². The summed E-state index contributed by atoms with van der Waals surface area (Å²) in [5, 5.41) is 9.46. The molecule has 1 aliphatic rings. The Morgan fingerprint density at radius 2 is 2.56 bits per heavy atom. The molecule has 0 aromatic heterocycles. The van der Waals surface area contributed by atoms with Crippen molar-refractivity contribution in [2.75, 3.05) is 0 Å². The zero-order valence-corrected chi connectivity index (χ0v) is 5.30. The Kier molecular flexibility index (Phi) is 1.59. The van der Waals surface area contributed by atoms with E-state index in [1.807, 2.05) is 6.08 Å². The lowest BCUT2D eigenvalue weighted by atomic mass is 10.0. The molecule has 0 aromatic rings. The molecule has 0 aliphatic heterocycles. The number of rotatable bonds is 1. The molecular weight excluding hydrogens is 112 g/mol. The van der Waals surface area contributed by atoms with Gasteiger partial charge in [-0.15, -0.1) is 12.3 Å². The van der Waals surface area contributed by atoms with Crippen LogP contribution in [-0.4, -0.2) is 10.7 Å². The second-order valence-electron chi connectivity index (χ2n) is 2.43. The first-order valence-electron chi connectivity index (χ1n) is 3.10. The molecule has 1 N–H and O–H groups in total. The van der Waals surface area contributed by atoms with Crippen molar-refractivity contribution in [2.24, 2.45) is 0 Å². The molecule has 0 saturated carbocycles. The number of hydrogen-bond acceptors (Lipinski definition) is 1. The van der Waals surface area contributed by atoms with Crippen molar-refractivity contribution in [1.29, 1.82) is 0 Å². The molecule has 0 amide bonds. The van der Waals surface area contributed by atoms with Gasteiger partial charge >= 0.3 is 0 Å². The highest BCUT2D eigenvalue weighted by atomic mass is 16.3. The van der Waals surface area contributed by atoms with E-state index in [4.69, 9.17) is 6.42 Å². The standard InChI is InChI=1S/C8H10O/c1-2-5-8(9)6-3-4-7-8/h1,3,6,9H,4-5,7H2. The Morgan fingerprint density at radius 3 is 3.00 bits per heavy atom. The van der Waals surface area contributed by atoms with Crippen LogP contribution in [0, 0.1) is 12.3 Å². The molecule has 0 spiro atoms. The van der Waals surface area contributed by atoms with E-state index in [1.165, 1.54) is 0 Å². The highest BCUT2D eigenvalue weighted by Crippen LogP contribution is 2.24. The maximum absolute atomic E-state index is 9.46. The molecule has 1 atom stereocenters. The molecule has 1 rings (SSSR count). The van der Waals surface area contributed by atoms with Gasteiger partial charge in [-0.05, 0) is 12.8 Å². The molecule has 0 bridgehead atoms. The summed E-state index contributed by atoms with van der Waals surface area (Å²) < 4.78 is 0. The van der Waals surface area contributed by atoms with Gasteiger partial charge in [0.05, 0.1) is 5.60 Å². The molecule has 1 nitrogen and oxygen atoms in total. The summed E-state index contributed by atoms with van der Waals surface area (Å²) >= 11 is 0. The average Bonchev–Trinajstić information content (AvgIpc) is 2.16. The van der Waals surface area contributed by atoms with Crippen molar-refractivity contribution in [3.05, 3.63) is 12.2 Å². The van der Waals surface area contributed by atoms with Crippen molar-refractivity contribution < 1.29 is 5.11 Å². The maximum Gasteiger partial charge on any atom is 0.0939 e. The molecule has 0 fully saturated rings. The van der Waals surface area contributed by atoms with Gasteiger partial charge in [-0.3, -0.25) is 0 Å². The molecular formula is C8H10O. The van der Waals surface area contributed by atoms with E-state index in [1.54, 1.807) is 6.08 Å². The van der Waals surface area contributed by atoms with E-state index >= 15 is 0 Å². The van der Waals surface area contributed by atoms with Crippen LogP contribution in [0.2, 0.25) is 0 Å². The third-order valence-electron chi connectivity index (χ3n) is 1.58. The Labute approximate surface area is 55.4 Å². The monoisotopic (exact) mass is 122 g/mol. The van der Waals surface area contributed by atoms with Crippen LogP contribution in [0.5, 0.6) is 0 Å². The van der Waals surface area contributed by atoms with Gasteiger partial charge in [0.1, 0.15) is 0 Å². The molecule has 9 heavy (non-hydrogen) atoms. The highest BCUT2D eigenvalue weighted by molar-refractivity contribution is 5.12. The van der Waals surface area contributed by atoms with Gasteiger partial charge in [-0.1, -0.05) is 12.2 Å². The molecule has 0 heterocycles. The molecule has 0 radical (unpaired) electrons. The van der Waals surface area contributed by atoms with Gasteiger partial charge < -0.3 is 5.11 Å². The fraction of sp³-hybridized carbons (Fsp3) is 0.500. The number of allylic oxidation sites excluding steroid dienone is 1. The summed E-state index contributed by atoms with van der Waals surface area (Å²) in [4.78, 5) is 0. The van der Waals surface area contributed by atoms with E-state index in [0.29, 0.717) is 6.42 Å². The van der Waals surface area contributed by atoms with Crippen molar-refractivity contribution >= 4 is 0 Å².